The second-order valence-corrected chi connectivity index (χ2v) is 5.21. The Kier molecular flexibility index (Phi) is 3.71. The molecule has 0 amide bonds. The van der Waals surface area contributed by atoms with Crippen LogP contribution < -0.4 is 10.2 Å². The normalized spacial score (nSPS) is 25.3. The van der Waals surface area contributed by atoms with E-state index in [0.717, 1.165) is 24.6 Å². The van der Waals surface area contributed by atoms with Crippen LogP contribution in [-0.4, -0.2) is 54.1 Å². The molecule has 0 spiro atoms. The van der Waals surface area contributed by atoms with Crippen LogP contribution in [0.15, 0.2) is 6.07 Å². The highest BCUT2D eigenvalue weighted by atomic mass is 15.3. The van der Waals surface area contributed by atoms with Crippen LogP contribution in [0, 0.1) is 6.92 Å². The van der Waals surface area contributed by atoms with Gasteiger partial charge in [-0.2, -0.15) is 4.98 Å². The summed E-state index contributed by atoms with van der Waals surface area (Å²) in [5, 5.41) is 3.02. The fourth-order valence-electron chi connectivity index (χ4n) is 2.42. The maximum absolute atomic E-state index is 4.55. The monoisotopic (exact) mass is 249 g/mol. The van der Waals surface area contributed by atoms with E-state index in [2.05, 4.69) is 52.0 Å². The van der Waals surface area contributed by atoms with Crippen LogP contribution in [0.4, 0.5) is 11.8 Å². The van der Waals surface area contributed by atoms with Crippen LogP contribution in [0.1, 0.15) is 19.5 Å². The van der Waals surface area contributed by atoms with Crippen molar-refractivity contribution >= 4 is 11.8 Å². The molecule has 1 aliphatic rings. The second-order valence-electron chi connectivity index (χ2n) is 5.21. The lowest BCUT2D eigenvalue weighted by atomic mass is 10.1. The lowest BCUT2D eigenvalue weighted by molar-refractivity contribution is 0.169. The number of likely N-dealkylation sites (N-methyl/N-ethyl adjacent to an activating group) is 1. The topological polar surface area (TPSA) is 44.3 Å². The summed E-state index contributed by atoms with van der Waals surface area (Å²) >= 11 is 0. The Balaban J connectivity index is 2.23. The zero-order chi connectivity index (χ0) is 13.3. The van der Waals surface area contributed by atoms with Crippen molar-refractivity contribution in [2.75, 3.05) is 37.4 Å². The van der Waals surface area contributed by atoms with Crippen LogP contribution in [-0.2, 0) is 0 Å². The van der Waals surface area contributed by atoms with Gasteiger partial charge in [0.15, 0.2) is 0 Å². The summed E-state index contributed by atoms with van der Waals surface area (Å²) in [6.45, 7) is 8.56. The standard InChI is InChI=1S/C13H23N5/c1-9-6-12(16-13(14-4)15-9)18-7-10(2)17(5)11(3)8-18/h6,10-11H,7-8H2,1-5H3,(H,14,15,16). The van der Waals surface area contributed by atoms with Gasteiger partial charge in [0.05, 0.1) is 0 Å². The van der Waals surface area contributed by atoms with E-state index in [4.69, 9.17) is 0 Å². The highest BCUT2D eigenvalue weighted by Gasteiger charge is 2.27. The first kappa shape index (κ1) is 13.1. The fourth-order valence-corrected chi connectivity index (χ4v) is 2.42. The lowest BCUT2D eigenvalue weighted by Gasteiger charge is -2.43. The van der Waals surface area contributed by atoms with Crippen molar-refractivity contribution in [2.24, 2.45) is 0 Å². The quantitative estimate of drug-likeness (QED) is 0.857. The molecule has 0 saturated carbocycles. The minimum Gasteiger partial charge on any atom is -0.357 e. The number of hydrogen-bond acceptors (Lipinski definition) is 5. The smallest absolute Gasteiger partial charge is 0.224 e. The van der Waals surface area contributed by atoms with Gasteiger partial charge in [-0.05, 0) is 27.8 Å². The molecule has 0 aromatic carbocycles. The average molecular weight is 249 g/mol. The third-order valence-corrected chi connectivity index (χ3v) is 3.75. The average Bonchev–Trinajstić information content (AvgIpc) is 2.34. The summed E-state index contributed by atoms with van der Waals surface area (Å²) in [6, 6.07) is 3.15. The Hall–Kier alpha value is -1.36. The van der Waals surface area contributed by atoms with Gasteiger partial charge in [-0.3, -0.25) is 4.90 Å². The van der Waals surface area contributed by atoms with Gasteiger partial charge in [-0.15, -0.1) is 0 Å². The molecule has 1 aliphatic heterocycles. The molecule has 1 aromatic rings. The number of aryl methyl sites for hydroxylation is 1. The number of nitrogens with zero attached hydrogens (tertiary/aromatic N) is 4. The van der Waals surface area contributed by atoms with Gasteiger partial charge in [0.25, 0.3) is 0 Å². The van der Waals surface area contributed by atoms with Gasteiger partial charge in [0.1, 0.15) is 5.82 Å². The van der Waals surface area contributed by atoms with Crippen molar-refractivity contribution in [3.8, 4) is 0 Å². The van der Waals surface area contributed by atoms with Gasteiger partial charge < -0.3 is 10.2 Å². The third-order valence-electron chi connectivity index (χ3n) is 3.75. The maximum Gasteiger partial charge on any atom is 0.224 e. The van der Waals surface area contributed by atoms with E-state index in [0.29, 0.717) is 18.0 Å². The highest BCUT2D eigenvalue weighted by molar-refractivity contribution is 5.45. The van der Waals surface area contributed by atoms with Crippen LogP contribution in [0.5, 0.6) is 0 Å². The predicted octanol–water partition coefficient (Wildman–Crippen LogP) is 1.36. The molecule has 5 nitrogen and oxygen atoms in total. The Labute approximate surface area is 109 Å². The van der Waals surface area contributed by atoms with Crippen LogP contribution in [0.25, 0.3) is 0 Å². The van der Waals surface area contributed by atoms with Gasteiger partial charge in [-0.25, -0.2) is 4.98 Å². The van der Waals surface area contributed by atoms with E-state index in [-0.39, 0.29) is 0 Å². The van der Waals surface area contributed by atoms with E-state index in [9.17, 15) is 0 Å². The molecule has 0 bridgehead atoms. The zero-order valence-corrected chi connectivity index (χ0v) is 11.9. The van der Waals surface area contributed by atoms with Gasteiger partial charge in [0, 0.05) is 44.0 Å². The number of nitrogens with one attached hydrogen (secondary N) is 1. The predicted molar refractivity (Wildman–Crippen MR) is 75.2 cm³/mol. The number of anilines is 2. The van der Waals surface area contributed by atoms with Crippen LogP contribution >= 0.6 is 0 Å². The minimum atomic E-state index is 0.544. The number of aromatic nitrogens is 2. The zero-order valence-electron chi connectivity index (χ0n) is 11.9. The molecule has 2 atom stereocenters. The van der Waals surface area contributed by atoms with E-state index in [1.807, 2.05) is 14.0 Å². The summed E-state index contributed by atoms with van der Waals surface area (Å²) in [5.74, 6) is 1.72. The molecule has 2 heterocycles. The second kappa shape index (κ2) is 5.10. The van der Waals surface area contributed by atoms with E-state index in [1.165, 1.54) is 0 Å². The minimum absolute atomic E-state index is 0.544. The first-order valence-corrected chi connectivity index (χ1v) is 6.51. The molecule has 1 fully saturated rings. The van der Waals surface area contributed by atoms with E-state index >= 15 is 0 Å². The molecule has 5 heteroatoms. The van der Waals surface area contributed by atoms with Crippen molar-refractivity contribution in [1.82, 2.24) is 14.9 Å². The highest BCUT2D eigenvalue weighted by Crippen LogP contribution is 2.21. The Bertz CT molecular complexity index is 408. The van der Waals surface area contributed by atoms with E-state index in [1.54, 1.807) is 0 Å². The van der Waals surface area contributed by atoms with Crippen molar-refractivity contribution in [3.63, 3.8) is 0 Å². The van der Waals surface area contributed by atoms with Gasteiger partial charge in [0.2, 0.25) is 5.95 Å². The summed E-state index contributed by atoms with van der Waals surface area (Å²) in [6.07, 6.45) is 0. The summed E-state index contributed by atoms with van der Waals surface area (Å²) in [7, 11) is 4.05. The number of rotatable bonds is 2. The summed E-state index contributed by atoms with van der Waals surface area (Å²) < 4.78 is 0. The molecule has 1 N–H and O–H groups in total. The molecule has 0 aliphatic carbocycles. The van der Waals surface area contributed by atoms with Crippen molar-refractivity contribution < 1.29 is 0 Å². The van der Waals surface area contributed by atoms with E-state index < -0.39 is 0 Å². The molecular formula is C13H23N5. The van der Waals surface area contributed by atoms with Crippen LogP contribution in [0.3, 0.4) is 0 Å². The lowest BCUT2D eigenvalue weighted by Crippen LogP contribution is -2.55. The summed E-state index contributed by atoms with van der Waals surface area (Å²) in [4.78, 5) is 13.7. The third kappa shape index (κ3) is 2.56. The molecule has 2 unspecified atom stereocenters. The molecular weight excluding hydrogens is 226 g/mol. The molecule has 0 radical (unpaired) electrons. The van der Waals surface area contributed by atoms with Gasteiger partial charge in [-0.1, -0.05) is 0 Å². The fraction of sp³-hybridized carbons (Fsp3) is 0.692. The Morgan fingerprint density at radius 3 is 2.39 bits per heavy atom. The molecule has 2 rings (SSSR count). The SMILES string of the molecule is CNc1nc(C)cc(N2CC(C)N(C)C(C)C2)n1. The van der Waals surface area contributed by atoms with Crippen molar-refractivity contribution in [2.45, 2.75) is 32.9 Å². The van der Waals surface area contributed by atoms with Crippen molar-refractivity contribution in [1.29, 1.82) is 0 Å². The molecule has 18 heavy (non-hydrogen) atoms. The van der Waals surface area contributed by atoms with Crippen LogP contribution in [0.2, 0.25) is 0 Å². The molecule has 100 valence electrons. The first-order valence-electron chi connectivity index (χ1n) is 6.51. The largest absolute Gasteiger partial charge is 0.357 e. The maximum atomic E-state index is 4.55. The van der Waals surface area contributed by atoms with Crippen molar-refractivity contribution in [3.05, 3.63) is 11.8 Å². The summed E-state index contributed by atoms with van der Waals surface area (Å²) in [5.41, 5.74) is 1.00. The molecule has 1 saturated heterocycles. The Morgan fingerprint density at radius 2 is 1.83 bits per heavy atom. The molecule has 1 aromatic heterocycles. The first-order chi connectivity index (χ1) is 8.51. The number of piperazine rings is 1. The number of hydrogen-bond donors (Lipinski definition) is 1. The van der Waals surface area contributed by atoms with Gasteiger partial charge >= 0.3 is 0 Å². The Morgan fingerprint density at radius 1 is 1.22 bits per heavy atom.